The fourth-order valence-electron chi connectivity index (χ4n) is 3.16. The van der Waals surface area contributed by atoms with E-state index < -0.39 is 0 Å². The first-order chi connectivity index (χ1) is 7.75. The molecule has 2 heterocycles. The van der Waals surface area contributed by atoms with Gasteiger partial charge in [0.15, 0.2) is 0 Å². The van der Waals surface area contributed by atoms with Gasteiger partial charge in [-0.05, 0) is 35.8 Å². The number of hydrogen-bond donors (Lipinski definition) is 1. The monoisotopic (exact) mass is 282 g/mol. The van der Waals surface area contributed by atoms with Crippen molar-refractivity contribution >= 4 is 15.9 Å². The molecule has 3 rings (SSSR count). The van der Waals surface area contributed by atoms with E-state index in [4.69, 9.17) is 0 Å². The van der Waals surface area contributed by atoms with Crippen molar-refractivity contribution < 1.29 is 0 Å². The van der Waals surface area contributed by atoms with E-state index in [2.05, 4.69) is 32.9 Å². The van der Waals surface area contributed by atoms with Crippen LogP contribution in [-0.4, -0.2) is 16.9 Å². The van der Waals surface area contributed by atoms with Gasteiger partial charge in [-0.2, -0.15) is 0 Å². The molecule has 0 radical (unpaired) electrons. The summed E-state index contributed by atoms with van der Waals surface area (Å²) in [5.41, 5.74) is 4.43. The molecule has 1 saturated carbocycles. The molecular weight excluding hydrogens is 264 g/mol. The molecule has 2 nitrogen and oxygen atoms in total. The van der Waals surface area contributed by atoms with Gasteiger partial charge in [0.05, 0.1) is 0 Å². The van der Waals surface area contributed by atoms with Crippen LogP contribution >= 0.6 is 15.9 Å². The van der Waals surface area contributed by atoms with E-state index in [1.165, 1.54) is 53.5 Å². The van der Waals surface area contributed by atoms with Crippen LogP contribution in [0.1, 0.15) is 55.0 Å². The first kappa shape index (κ1) is 10.8. The minimum absolute atomic E-state index is 0.777. The molecule has 16 heavy (non-hydrogen) atoms. The minimum Gasteiger partial charge on any atom is -0.360 e. The highest BCUT2D eigenvalue weighted by Gasteiger charge is 2.27. The van der Waals surface area contributed by atoms with Gasteiger partial charge in [0.1, 0.15) is 0 Å². The molecule has 1 fully saturated rings. The SMILES string of the molecule is CN1Cc2[nH]c(C3CCCCC3)c(Br)c2C1. The maximum absolute atomic E-state index is 3.81. The molecule has 0 bridgehead atoms. The molecule has 1 aliphatic carbocycles. The van der Waals surface area contributed by atoms with Crippen LogP contribution in [0.2, 0.25) is 0 Å². The number of hydrogen-bond acceptors (Lipinski definition) is 1. The fourth-order valence-corrected chi connectivity index (χ4v) is 3.94. The topological polar surface area (TPSA) is 19.0 Å². The normalized spacial score (nSPS) is 22.6. The van der Waals surface area contributed by atoms with Gasteiger partial charge in [0.2, 0.25) is 0 Å². The number of halogens is 1. The number of nitrogens with one attached hydrogen (secondary N) is 1. The summed E-state index contributed by atoms with van der Waals surface area (Å²) in [5, 5.41) is 0. The molecular formula is C13H19BrN2. The van der Waals surface area contributed by atoms with E-state index in [1.807, 2.05) is 0 Å². The summed E-state index contributed by atoms with van der Waals surface area (Å²) < 4.78 is 1.37. The Kier molecular flexibility index (Phi) is 2.84. The highest BCUT2D eigenvalue weighted by molar-refractivity contribution is 9.10. The van der Waals surface area contributed by atoms with Crippen molar-refractivity contribution in [1.29, 1.82) is 0 Å². The molecule has 0 amide bonds. The molecule has 3 heteroatoms. The highest BCUT2D eigenvalue weighted by Crippen LogP contribution is 2.40. The maximum Gasteiger partial charge on any atom is 0.0433 e. The Hall–Kier alpha value is -0.280. The van der Waals surface area contributed by atoms with E-state index in [-0.39, 0.29) is 0 Å². The van der Waals surface area contributed by atoms with Crippen molar-refractivity contribution in [2.24, 2.45) is 0 Å². The Morgan fingerprint density at radius 3 is 2.62 bits per heavy atom. The molecule has 1 aromatic rings. The number of rotatable bonds is 1. The van der Waals surface area contributed by atoms with Crippen LogP contribution in [0.4, 0.5) is 0 Å². The lowest BCUT2D eigenvalue weighted by molar-refractivity contribution is 0.348. The lowest BCUT2D eigenvalue weighted by atomic mass is 9.87. The molecule has 0 unspecified atom stereocenters. The highest BCUT2D eigenvalue weighted by atomic mass is 79.9. The zero-order chi connectivity index (χ0) is 11.1. The molecule has 88 valence electrons. The lowest BCUT2D eigenvalue weighted by Gasteiger charge is -2.21. The van der Waals surface area contributed by atoms with Crippen LogP contribution in [0.5, 0.6) is 0 Å². The minimum atomic E-state index is 0.777. The third-order valence-corrected chi connectivity index (χ3v) is 4.93. The molecule has 1 N–H and O–H groups in total. The van der Waals surface area contributed by atoms with Gasteiger partial charge in [0, 0.05) is 40.4 Å². The number of aromatic amines is 1. The lowest BCUT2D eigenvalue weighted by Crippen LogP contribution is -2.11. The summed E-state index contributed by atoms with van der Waals surface area (Å²) in [6.45, 7) is 2.18. The van der Waals surface area contributed by atoms with Crippen molar-refractivity contribution in [1.82, 2.24) is 9.88 Å². The van der Waals surface area contributed by atoms with Crippen LogP contribution < -0.4 is 0 Å². The smallest absolute Gasteiger partial charge is 0.0433 e. The van der Waals surface area contributed by atoms with Gasteiger partial charge >= 0.3 is 0 Å². The van der Waals surface area contributed by atoms with Gasteiger partial charge in [-0.3, -0.25) is 4.90 Å². The number of H-pyrrole nitrogens is 1. The summed E-state index contributed by atoms with van der Waals surface area (Å²) in [6.07, 6.45) is 6.97. The van der Waals surface area contributed by atoms with Crippen LogP contribution in [-0.2, 0) is 13.1 Å². The average molecular weight is 283 g/mol. The fraction of sp³-hybridized carbons (Fsp3) is 0.692. The Bertz CT molecular complexity index is 391. The van der Waals surface area contributed by atoms with Gasteiger partial charge in [-0.25, -0.2) is 0 Å². The third-order valence-electron chi connectivity index (χ3n) is 4.02. The summed E-state index contributed by atoms with van der Waals surface area (Å²) >= 11 is 3.81. The molecule has 1 aromatic heterocycles. The summed E-state index contributed by atoms with van der Waals surface area (Å²) in [6, 6.07) is 0. The molecule has 0 saturated heterocycles. The van der Waals surface area contributed by atoms with E-state index in [0.717, 1.165) is 19.0 Å². The number of nitrogens with zero attached hydrogens (tertiary/aromatic N) is 1. The van der Waals surface area contributed by atoms with Crippen molar-refractivity contribution in [2.45, 2.75) is 51.1 Å². The zero-order valence-electron chi connectivity index (χ0n) is 9.85. The first-order valence-corrected chi connectivity index (χ1v) is 7.12. The summed E-state index contributed by atoms with van der Waals surface area (Å²) in [4.78, 5) is 6.03. The first-order valence-electron chi connectivity index (χ1n) is 6.33. The van der Waals surface area contributed by atoms with E-state index >= 15 is 0 Å². The summed E-state index contributed by atoms with van der Waals surface area (Å²) in [7, 11) is 2.18. The van der Waals surface area contributed by atoms with E-state index in [1.54, 1.807) is 0 Å². The van der Waals surface area contributed by atoms with E-state index in [0.29, 0.717) is 0 Å². The Balaban J connectivity index is 1.89. The van der Waals surface area contributed by atoms with E-state index in [9.17, 15) is 0 Å². The second-order valence-electron chi connectivity index (χ2n) is 5.32. The van der Waals surface area contributed by atoms with Gasteiger partial charge in [0.25, 0.3) is 0 Å². The summed E-state index contributed by atoms with van der Waals surface area (Å²) in [5.74, 6) is 0.777. The third kappa shape index (κ3) is 1.74. The number of aromatic nitrogens is 1. The van der Waals surface area contributed by atoms with Crippen LogP contribution in [0, 0.1) is 0 Å². The Morgan fingerprint density at radius 2 is 1.94 bits per heavy atom. The van der Waals surface area contributed by atoms with Gasteiger partial charge in [-0.15, -0.1) is 0 Å². The molecule has 1 aliphatic heterocycles. The average Bonchev–Trinajstić information content (AvgIpc) is 2.79. The van der Waals surface area contributed by atoms with Gasteiger partial charge < -0.3 is 4.98 Å². The predicted molar refractivity (Wildman–Crippen MR) is 69.5 cm³/mol. The van der Waals surface area contributed by atoms with Gasteiger partial charge in [-0.1, -0.05) is 19.3 Å². The van der Waals surface area contributed by atoms with Crippen molar-refractivity contribution in [3.05, 3.63) is 21.4 Å². The quantitative estimate of drug-likeness (QED) is 0.831. The second-order valence-corrected chi connectivity index (χ2v) is 6.11. The predicted octanol–water partition coefficient (Wildman–Crippen LogP) is 3.77. The molecule has 0 aromatic carbocycles. The Labute approximate surface area is 106 Å². The number of fused-ring (bicyclic) bond motifs is 1. The van der Waals surface area contributed by atoms with Crippen molar-refractivity contribution in [3.63, 3.8) is 0 Å². The van der Waals surface area contributed by atoms with Crippen LogP contribution in [0.15, 0.2) is 4.47 Å². The molecule has 2 aliphatic rings. The zero-order valence-corrected chi connectivity index (χ0v) is 11.4. The Morgan fingerprint density at radius 1 is 1.19 bits per heavy atom. The molecule has 0 spiro atoms. The standard InChI is InChI=1S/C13H19BrN2/c1-16-7-10-11(8-16)15-13(12(10)14)9-5-3-2-4-6-9/h9,15H,2-8H2,1H3. The second kappa shape index (κ2) is 4.19. The molecule has 0 atom stereocenters. The van der Waals surface area contributed by atoms with Crippen molar-refractivity contribution in [2.75, 3.05) is 7.05 Å². The largest absolute Gasteiger partial charge is 0.360 e. The van der Waals surface area contributed by atoms with Crippen LogP contribution in [0.3, 0.4) is 0 Å². The van der Waals surface area contributed by atoms with Crippen LogP contribution in [0.25, 0.3) is 0 Å². The van der Waals surface area contributed by atoms with Crippen molar-refractivity contribution in [3.8, 4) is 0 Å². The maximum atomic E-state index is 3.81.